The molecule has 0 bridgehead atoms. The largest absolute Gasteiger partial charge is 0.441 e. The molecule has 1 aliphatic rings. The molecule has 0 unspecified atom stereocenters. The number of aryl methyl sites for hydroxylation is 4. The van der Waals surface area contributed by atoms with E-state index in [9.17, 15) is 0 Å². The first kappa shape index (κ1) is 30.4. The van der Waals surface area contributed by atoms with Gasteiger partial charge in [-0.25, -0.2) is 4.98 Å². The first-order chi connectivity index (χ1) is 16.0. The summed E-state index contributed by atoms with van der Waals surface area (Å²) in [6, 6.07) is 14.9. The molecule has 2 aromatic carbocycles. The van der Waals surface area contributed by atoms with Crippen LogP contribution in [-0.4, -0.2) is 31.2 Å². The van der Waals surface area contributed by atoms with Gasteiger partial charge in [-0.1, -0.05) is 71.4 Å². The van der Waals surface area contributed by atoms with Gasteiger partial charge in [-0.15, -0.1) is 0 Å². The average Bonchev–Trinajstić information content (AvgIpc) is 3.32. The molecular formula is C29H47N3O. The third kappa shape index (κ3) is 10.7. The van der Waals surface area contributed by atoms with Crippen molar-refractivity contribution in [2.75, 3.05) is 31.1 Å². The minimum Gasteiger partial charge on any atom is -0.441 e. The van der Waals surface area contributed by atoms with Gasteiger partial charge in [-0.05, 0) is 50.1 Å². The highest BCUT2D eigenvalue weighted by molar-refractivity contribution is 5.57. The Morgan fingerprint density at radius 2 is 1.42 bits per heavy atom. The van der Waals surface area contributed by atoms with E-state index < -0.39 is 0 Å². The molecule has 0 spiro atoms. The van der Waals surface area contributed by atoms with Crippen LogP contribution in [0.15, 0.2) is 53.1 Å². The lowest BCUT2D eigenvalue weighted by Gasteiger charge is -2.29. The van der Waals surface area contributed by atoms with Crippen molar-refractivity contribution in [2.45, 2.75) is 69.2 Å². The number of benzene rings is 2. The van der Waals surface area contributed by atoms with Crippen molar-refractivity contribution < 1.29 is 4.42 Å². The minimum atomic E-state index is 0.705. The van der Waals surface area contributed by atoms with E-state index in [1.165, 1.54) is 22.4 Å². The lowest BCUT2D eigenvalue weighted by atomic mass is 10.1. The van der Waals surface area contributed by atoms with Gasteiger partial charge in [-0.2, -0.15) is 0 Å². The minimum absolute atomic E-state index is 0.705. The van der Waals surface area contributed by atoms with Gasteiger partial charge < -0.3 is 14.6 Å². The van der Waals surface area contributed by atoms with Gasteiger partial charge in [0.2, 0.25) is 0 Å². The molecule has 1 N–H and O–H groups in total. The van der Waals surface area contributed by atoms with Crippen LogP contribution < -0.4 is 10.2 Å². The fourth-order valence-corrected chi connectivity index (χ4v) is 3.14. The third-order valence-corrected chi connectivity index (χ3v) is 4.90. The predicted molar refractivity (Wildman–Crippen MR) is 146 cm³/mol. The molecule has 1 saturated heterocycles. The number of piperazine rings is 1. The fourth-order valence-electron chi connectivity index (χ4n) is 3.14. The lowest BCUT2D eigenvalue weighted by molar-refractivity contribution is 0.534. The summed E-state index contributed by atoms with van der Waals surface area (Å²) in [6.07, 6.45) is 1.75. The Morgan fingerprint density at radius 1 is 0.788 bits per heavy atom. The van der Waals surface area contributed by atoms with E-state index in [0.717, 1.165) is 37.5 Å². The summed E-state index contributed by atoms with van der Waals surface area (Å²) < 4.78 is 5.41. The van der Waals surface area contributed by atoms with Crippen molar-refractivity contribution in [1.29, 1.82) is 0 Å². The molecule has 0 aliphatic carbocycles. The highest BCUT2D eigenvalue weighted by Gasteiger charge is 2.10. The van der Waals surface area contributed by atoms with Crippen LogP contribution in [0.1, 0.15) is 64.1 Å². The van der Waals surface area contributed by atoms with Crippen molar-refractivity contribution >= 4 is 5.69 Å². The highest BCUT2D eigenvalue weighted by atomic mass is 16.4. The van der Waals surface area contributed by atoms with E-state index in [-0.39, 0.29) is 0 Å². The summed E-state index contributed by atoms with van der Waals surface area (Å²) in [5, 5.41) is 3.37. The van der Waals surface area contributed by atoms with Crippen molar-refractivity contribution in [3.05, 3.63) is 71.2 Å². The summed E-state index contributed by atoms with van der Waals surface area (Å²) in [4.78, 5) is 6.50. The Kier molecular flexibility index (Phi) is 16.5. The number of rotatable bonds is 2. The monoisotopic (exact) mass is 453 g/mol. The maximum atomic E-state index is 5.41. The smallest absolute Gasteiger partial charge is 0.191 e. The number of nitrogens with one attached hydrogen (secondary N) is 1. The second-order valence-corrected chi connectivity index (χ2v) is 7.12. The van der Waals surface area contributed by atoms with Gasteiger partial charge in [0, 0.05) is 44.4 Å². The SMILES string of the molecule is CC.CC.CC.Cc1ccc(N2CCNCC2)cc1C.Cc1cccc(-c2cnc(C)o2)c1. The van der Waals surface area contributed by atoms with E-state index in [4.69, 9.17) is 4.42 Å². The van der Waals surface area contributed by atoms with Crippen molar-refractivity contribution in [3.8, 4) is 11.3 Å². The molecule has 0 saturated carbocycles. The standard InChI is InChI=1S/C12H18N2.C11H11NO.3C2H6/c1-10-3-4-12(9-11(10)2)14-7-5-13-6-8-14;1-8-4-3-5-10(6-8)11-7-12-9(2)13-11;3*1-2/h3-4,9,13H,5-8H2,1-2H3;3-7H,1-2H3;3*1-2H3. The van der Waals surface area contributed by atoms with Crippen LogP contribution in [0.4, 0.5) is 5.69 Å². The Balaban J connectivity index is 0.000000508. The lowest BCUT2D eigenvalue weighted by Crippen LogP contribution is -2.43. The average molecular weight is 454 g/mol. The number of aromatic nitrogens is 1. The molecule has 2 heterocycles. The zero-order valence-electron chi connectivity index (χ0n) is 22.7. The summed E-state index contributed by atoms with van der Waals surface area (Å²) in [5.74, 6) is 1.54. The van der Waals surface area contributed by atoms with Gasteiger partial charge in [0.15, 0.2) is 11.7 Å². The number of nitrogens with zero attached hydrogens (tertiary/aromatic N) is 2. The molecule has 3 aromatic rings. The molecule has 0 atom stereocenters. The molecule has 0 radical (unpaired) electrons. The second kappa shape index (κ2) is 17.9. The second-order valence-electron chi connectivity index (χ2n) is 7.12. The van der Waals surface area contributed by atoms with Gasteiger partial charge in [-0.3, -0.25) is 0 Å². The molecule has 1 fully saturated rings. The van der Waals surface area contributed by atoms with Crippen LogP contribution in [0.2, 0.25) is 0 Å². The number of hydrogen-bond donors (Lipinski definition) is 1. The molecule has 0 amide bonds. The maximum absolute atomic E-state index is 5.41. The van der Waals surface area contributed by atoms with Crippen LogP contribution in [0.5, 0.6) is 0 Å². The van der Waals surface area contributed by atoms with Gasteiger partial charge in [0.1, 0.15) is 0 Å². The van der Waals surface area contributed by atoms with Crippen LogP contribution in [0.25, 0.3) is 11.3 Å². The molecule has 4 rings (SSSR count). The van der Waals surface area contributed by atoms with Crippen molar-refractivity contribution in [2.24, 2.45) is 0 Å². The van der Waals surface area contributed by atoms with Crippen molar-refractivity contribution in [3.63, 3.8) is 0 Å². The number of anilines is 1. The Hall–Kier alpha value is -2.59. The molecule has 33 heavy (non-hydrogen) atoms. The van der Waals surface area contributed by atoms with E-state index in [1.54, 1.807) is 6.20 Å². The first-order valence-electron chi connectivity index (χ1n) is 12.6. The van der Waals surface area contributed by atoms with Gasteiger partial charge >= 0.3 is 0 Å². The molecule has 4 heteroatoms. The summed E-state index contributed by atoms with van der Waals surface area (Å²) >= 11 is 0. The third-order valence-electron chi connectivity index (χ3n) is 4.90. The number of hydrogen-bond acceptors (Lipinski definition) is 4. The summed E-state index contributed by atoms with van der Waals surface area (Å²) in [6.45, 7) is 24.7. The van der Waals surface area contributed by atoms with Gasteiger partial charge in [0.25, 0.3) is 0 Å². The summed E-state index contributed by atoms with van der Waals surface area (Å²) in [7, 11) is 0. The Labute approximate surface area is 203 Å². The Bertz CT molecular complexity index is 880. The molecular weight excluding hydrogens is 406 g/mol. The topological polar surface area (TPSA) is 41.3 Å². The van der Waals surface area contributed by atoms with E-state index >= 15 is 0 Å². The first-order valence-corrected chi connectivity index (χ1v) is 12.6. The molecule has 1 aromatic heterocycles. The highest BCUT2D eigenvalue weighted by Crippen LogP contribution is 2.21. The molecule has 1 aliphatic heterocycles. The van der Waals surface area contributed by atoms with Crippen LogP contribution in [-0.2, 0) is 0 Å². The van der Waals surface area contributed by atoms with Crippen LogP contribution >= 0.6 is 0 Å². The van der Waals surface area contributed by atoms with E-state index in [0.29, 0.717) is 5.89 Å². The van der Waals surface area contributed by atoms with E-state index in [1.807, 2.05) is 60.6 Å². The van der Waals surface area contributed by atoms with Crippen LogP contribution in [0, 0.1) is 27.7 Å². The maximum Gasteiger partial charge on any atom is 0.191 e. The Morgan fingerprint density at radius 3 is 1.94 bits per heavy atom. The summed E-state index contributed by atoms with van der Waals surface area (Å²) in [5.41, 5.74) is 6.45. The van der Waals surface area contributed by atoms with Crippen LogP contribution in [0.3, 0.4) is 0 Å². The number of oxazole rings is 1. The molecule has 184 valence electrons. The normalized spacial score (nSPS) is 11.9. The zero-order valence-corrected chi connectivity index (χ0v) is 22.7. The van der Waals surface area contributed by atoms with Gasteiger partial charge in [0.05, 0.1) is 6.20 Å². The fraction of sp³-hybridized carbons (Fsp3) is 0.483. The molecule has 4 nitrogen and oxygen atoms in total. The van der Waals surface area contributed by atoms with Crippen molar-refractivity contribution in [1.82, 2.24) is 10.3 Å². The zero-order chi connectivity index (χ0) is 25.2. The quantitative estimate of drug-likeness (QED) is 0.430. The van der Waals surface area contributed by atoms with E-state index in [2.05, 4.69) is 66.3 Å². The predicted octanol–water partition coefficient (Wildman–Crippen LogP) is 7.75.